The lowest BCUT2D eigenvalue weighted by molar-refractivity contribution is 0.991. The van der Waals surface area contributed by atoms with E-state index >= 15 is 0 Å². The molecule has 0 aliphatic heterocycles. The Kier molecular flexibility index (Phi) is 6.06. The van der Waals surface area contributed by atoms with E-state index in [9.17, 15) is 0 Å². The van der Waals surface area contributed by atoms with Crippen LogP contribution >= 0.6 is 15.9 Å². The summed E-state index contributed by atoms with van der Waals surface area (Å²) >= 11 is 3.39. The molecular weight excluding hydrogens is 176 g/mol. The monoisotopic (exact) mass is 188 g/mol. The molecule has 0 amide bonds. The van der Waals surface area contributed by atoms with Crippen molar-refractivity contribution in [2.75, 3.05) is 5.33 Å². The van der Waals surface area contributed by atoms with Crippen LogP contribution in [0.3, 0.4) is 0 Å². The molecule has 0 aliphatic carbocycles. The fraction of sp³-hybridized carbons (Fsp3) is 0.500. The van der Waals surface area contributed by atoms with Crippen LogP contribution in [0.15, 0.2) is 24.3 Å². The van der Waals surface area contributed by atoms with Gasteiger partial charge in [-0.05, 0) is 12.8 Å². The van der Waals surface area contributed by atoms with Crippen molar-refractivity contribution in [2.24, 2.45) is 0 Å². The van der Waals surface area contributed by atoms with E-state index < -0.39 is 0 Å². The third-order valence-electron chi connectivity index (χ3n) is 1.22. The highest BCUT2D eigenvalue weighted by atomic mass is 79.9. The normalized spacial score (nSPS) is 11.6. The Bertz CT molecular complexity index is 103. The molecule has 0 spiro atoms. The quantitative estimate of drug-likeness (QED) is 0.470. The molecule has 0 heterocycles. The van der Waals surface area contributed by atoms with Crippen LogP contribution < -0.4 is 0 Å². The summed E-state index contributed by atoms with van der Waals surface area (Å²) in [5.74, 6) is 0. The average Bonchev–Trinajstić information content (AvgIpc) is 1.88. The maximum Gasteiger partial charge on any atom is 0.00686 e. The van der Waals surface area contributed by atoms with Gasteiger partial charge in [0.05, 0.1) is 0 Å². The van der Waals surface area contributed by atoms with E-state index in [4.69, 9.17) is 0 Å². The van der Waals surface area contributed by atoms with Crippen molar-refractivity contribution in [3.8, 4) is 0 Å². The Labute approximate surface area is 65.8 Å². The Morgan fingerprint density at radius 3 is 2.67 bits per heavy atom. The van der Waals surface area contributed by atoms with Crippen molar-refractivity contribution in [1.82, 2.24) is 0 Å². The van der Waals surface area contributed by atoms with Gasteiger partial charge in [-0.25, -0.2) is 0 Å². The van der Waals surface area contributed by atoms with Gasteiger partial charge in [0.25, 0.3) is 0 Å². The highest BCUT2D eigenvalue weighted by Crippen LogP contribution is 2.07. The van der Waals surface area contributed by atoms with Crippen molar-refractivity contribution in [1.29, 1.82) is 0 Å². The minimum absolute atomic E-state index is 1.06. The van der Waals surface area contributed by atoms with Crippen molar-refractivity contribution in [3.63, 3.8) is 0 Å². The first-order valence-corrected chi connectivity index (χ1v) is 4.33. The number of allylic oxidation sites excluding steroid dienone is 3. The number of rotatable bonds is 4. The molecule has 9 heavy (non-hydrogen) atoms. The summed E-state index contributed by atoms with van der Waals surface area (Å²) in [5, 5.41) is 1.06. The summed E-state index contributed by atoms with van der Waals surface area (Å²) in [6.45, 7) is 5.80. The molecule has 0 nitrogen and oxygen atoms in total. The second kappa shape index (κ2) is 6.09. The molecule has 52 valence electrons. The Balaban J connectivity index is 3.66. The molecule has 0 fully saturated rings. The SMILES string of the molecule is C=C/C=C(\CC)CCBr. The predicted octanol–water partition coefficient (Wildman–Crippen LogP) is 3.29. The molecule has 0 bridgehead atoms. The van der Waals surface area contributed by atoms with Crippen LogP contribution in [0.4, 0.5) is 0 Å². The van der Waals surface area contributed by atoms with E-state index in [2.05, 4.69) is 35.5 Å². The minimum Gasteiger partial charge on any atom is -0.0991 e. The Morgan fingerprint density at radius 1 is 1.67 bits per heavy atom. The maximum absolute atomic E-state index is 3.64. The van der Waals surface area contributed by atoms with Gasteiger partial charge in [0.2, 0.25) is 0 Å². The van der Waals surface area contributed by atoms with E-state index in [0.29, 0.717) is 0 Å². The van der Waals surface area contributed by atoms with Gasteiger partial charge in [0.1, 0.15) is 0 Å². The van der Waals surface area contributed by atoms with Crippen LogP contribution in [0, 0.1) is 0 Å². The summed E-state index contributed by atoms with van der Waals surface area (Å²) in [6.07, 6.45) is 6.21. The molecule has 0 saturated carbocycles. The molecule has 0 N–H and O–H groups in total. The second-order valence-corrected chi connectivity index (χ2v) is 2.65. The fourth-order valence-electron chi connectivity index (χ4n) is 0.666. The third-order valence-corrected chi connectivity index (χ3v) is 1.62. The smallest absolute Gasteiger partial charge is 0.00686 e. The third kappa shape index (κ3) is 4.46. The van der Waals surface area contributed by atoms with Gasteiger partial charge in [-0.3, -0.25) is 0 Å². The lowest BCUT2D eigenvalue weighted by Crippen LogP contribution is -1.80. The van der Waals surface area contributed by atoms with Crippen LogP contribution in [0.25, 0.3) is 0 Å². The zero-order valence-electron chi connectivity index (χ0n) is 5.86. The number of hydrogen-bond donors (Lipinski definition) is 0. The van der Waals surface area contributed by atoms with Gasteiger partial charge in [0.15, 0.2) is 0 Å². The van der Waals surface area contributed by atoms with Crippen LogP contribution in [0.1, 0.15) is 19.8 Å². The average molecular weight is 189 g/mol. The van der Waals surface area contributed by atoms with Gasteiger partial charge >= 0.3 is 0 Å². The molecule has 0 atom stereocenters. The van der Waals surface area contributed by atoms with Gasteiger partial charge in [-0.15, -0.1) is 0 Å². The molecule has 0 saturated heterocycles. The van der Waals surface area contributed by atoms with Crippen LogP contribution in [-0.2, 0) is 0 Å². The summed E-state index contributed by atoms with van der Waals surface area (Å²) in [4.78, 5) is 0. The maximum atomic E-state index is 3.64. The van der Waals surface area contributed by atoms with Crippen LogP contribution in [0.5, 0.6) is 0 Å². The molecule has 0 aromatic carbocycles. The van der Waals surface area contributed by atoms with Crippen molar-refractivity contribution < 1.29 is 0 Å². The van der Waals surface area contributed by atoms with Gasteiger partial charge in [-0.2, -0.15) is 0 Å². The first-order chi connectivity index (χ1) is 4.35. The first-order valence-electron chi connectivity index (χ1n) is 3.21. The molecule has 0 rings (SSSR count). The largest absolute Gasteiger partial charge is 0.0991 e. The molecule has 0 radical (unpaired) electrons. The summed E-state index contributed by atoms with van der Waals surface area (Å²) in [7, 11) is 0. The van der Waals surface area contributed by atoms with Crippen molar-refractivity contribution >= 4 is 15.9 Å². The van der Waals surface area contributed by atoms with Gasteiger partial charge in [-0.1, -0.05) is 47.2 Å². The summed E-state index contributed by atoms with van der Waals surface area (Å²) < 4.78 is 0. The number of halogens is 1. The molecule has 0 unspecified atom stereocenters. The molecule has 0 aliphatic rings. The first kappa shape index (κ1) is 8.96. The second-order valence-electron chi connectivity index (χ2n) is 1.85. The number of hydrogen-bond acceptors (Lipinski definition) is 0. The van der Waals surface area contributed by atoms with Gasteiger partial charge < -0.3 is 0 Å². The van der Waals surface area contributed by atoms with E-state index in [0.717, 1.165) is 18.2 Å². The molecule has 0 aromatic heterocycles. The highest BCUT2D eigenvalue weighted by Gasteiger charge is 1.88. The van der Waals surface area contributed by atoms with E-state index in [-0.39, 0.29) is 0 Å². The zero-order valence-corrected chi connectivity index (χ0v) is 7.45. The Hall–Kier alpha value is -0.0400. The topological polar surface area (TPSA) is 0 Å². The molecule has 0 aromatic rings. The predicted molar refractivity (Wildman–Crippen MR) is 47.0 cm³/mol. The molecule has 1 heteroatoms. The minimum atomic E-state index is 1.06. The van der Waals surface area contributed by atoms with Crippen molar-refractivity contribution in [2.45, 2.75) is 19.8 Å². The highest BCUT2D eigenvalue weighted by molar-refractivity contribution is 9.09. The Morgan fingerprint density at radius 2 is 2.33 bits per heavy atom. The van der Waals surface area contributed by atoms with Crippen LogP contribution in [-0.4, -0.2) is 5.33 Å². The van der Waals surface area contributed by atoms with E-state index in [1.807, 2.05) is 6.08 Å². The number of alkyl halides is 1. The van der Waals surface area contributed by atoms with E-state index in [1.165, 1.54) is 5.57 Å². The van der Waals surface area contributed by atoms with E-state index in [1.54, 1.807) is 0 Å². The lowest BCUT2D eigenvalue weighted by Gasteiger charge is -1.97. The van der Waals surface area contributed by atoms with Crippen molar-refractivity contribution in [3.05, 3.63) is 24.3 Å². The summed E-state index contributed by atoms with van der Waals surface area (Å²) in [5.41, 5.74) is 1.46. The van der Waals surface area contributed by atoms with Gasteiger partial charge in [0, 0.05) is 5.33 Å². The molecular formula is C8H13Br. The zero-order chi connectivity index (χ0) is 7.11. The lowest BCUT2D eigenvalue weighted by atomic mass is 10.1. The summed E-state index contributed by atoms with van der Waals surface area (Å²) in [6, 6.07) is 0. The fourth-order valence-corrected chi connectivity index (χ4v) is 1.18. The van der Waals surface area contributed by atoms with Crippen LogP contribution in [0.2, 0.25) is 0 Å². The standard InChI is InChI=1S/C8H13Br/c1-3-5-8(4-2)6-7-9/h3,5H,1,4,6-7H2,2H3/b8-5+.